The van der Waals surface area contributed by atoms with Gasteiger partial charge in [0.25, 0.3) is 5.91 Å². The van der Waals surface area contributed by atoms with Crippen LogP contribution in [0.5, 0.6) is 0 Å². The van der Waals surface area contributed by atoms with E-state index in [9.17, 15) is 4.79 Å². The van der Waals surface area contributed by atoms with E-state index in [-0.39, 0.29) is 22.9 Å². The van der Waals surface area contributed by atoms with Gasteiger partial charge in [-0.1, -0.05) is 12.1 Å². The van der Waals surface area contributed by atoms with Crippen LogP contribution in [0.25, 0.3) is 22.3 Å². The van der Waals surface area contributed by atoms with Gasteiger partial charge in [-0.05, 0) is 61.5 Å². The fourth-order valence-electron chi connectivity index (χ4n) is 4.90. The van der Waals surface area contributed by atoms with Gasteiger partial charge in [-0.25, -0.2) is 9.37 Å². The third-order valence-corrected chi connectivity index (χ3v) is 6.64. The van der Waals surface area contributed by atoms with Gasteiger partial charge in [0.2, 0.25) is 5.95 Å². The van der Waals surface area contributed by atoms with Gasteiger partial charge in [0.05, 0.1) is 13.2 Å². The Morgan fingerprint density at radius 2 is 1.83 bits per heavy atom. The summed E-state index contributed by atoms with van der Waals surface area (Å²) in [5, 5.41) is 2.82. The van der Waals surface area contributed by atoms with Gasteiger partial charge in [-0.15, -0.1) is 0 Å². The van der Waals surface area contributed by atoms with Crippen LogP contribution in [-0.4, -0.2) is 62.7 Å². The number of hydrogen-bond acceptors (Lipinski definition) is 6. The number of fused-ring (bicyclic) bond motifs is 1. The van der Waals surface area contributed by atoms with E-state index in [0.29, 0.717) is 62.5 Å². The van der Waals surface area contributed by atoms with Crippen LogP contribution in [0, 0.1) is 11.8 Å². The highest BCUT2D eigenvalue weighted by Gasteiger charge is 2.23. The van der Waals surface area contributed by atoms with Gasteiger partial charge in [-0.3, -0.25) is 4.79 Å². The molecule has 7 nitrogen and oxygen atoms in total. The van der Waals surface area contributed by atoms with Crippen LogP contribution in [-0.2, 0) is 17.7 Å². The highest BCUT2D eigenvalue weighted by molar-refractivity contribution is 5.97. The molecule has 0 spiro atoms. The number of pyridine rings is 1. The van der Waals surface area contributed by atoms with Gasteiger partial charge in [0.1, 0.15) is 11.6 Å². The number of nitrogens with zero attached hydrogens (tertiary/aromatic N) is 3. The number of nitrogens with one attached hydrogen (secondary N) is 1. The number of morpholine rings is 1. The maximum absolute atomic E-state index is 15.5. The third kappa shape index (κ3) is 4.64. The number of carbonyl (C=O) groups is 1. The Labute approximate surface area is 208 Å². The number of nitrogen functional groups attached to an aromatic ring is 1. The van der Waals surface area contributed by atoms with Crippen LogP contribution in [0.3, 0.4) is 0 Å². The molecule has 3 N–H and O–H groups in total. The number of benzene rings is 2. The van der Waals surface area contributed by atoms with Crippen molar-refractivity contribution in [2.24, 2.45) is 0 Å². The summed E-state index contributed by atoms with van der Waals surface area (Å²) in [6.07, 6.45) is 0.682. The number of nitrogens with two attached hydrogens (primary N) is 1. The fourth-order valence-corrected chi connectivity index (χ4v) is 4.90. The van der Waals surface area contributed by atoms with Crippen molar-refractivity contribution in [2.75, 3.05) is 57.6 Å². The first-order chi connectivity index (χ1) is 17.3. The number of anilines is 2. The summed E-state index contributed by atoms with van der Waals surface area (Å²) in [6, 6.07) is 10.1. The summed E-state index contributed by atoms with van der Waals surface area (Å²) in [5.41, 5.74) is 10.6. The largest absolute Gasteiger partial charge is 0.383 e. The van der Waals surface area contributed by atoms with Crippen LogP contribution in [0.1, 0.15) is 21.5 Å². The zero-order chi connectivity index (χ0) is 25.4. The number of carbonyl (C=O) groups excluding carboxylic acids is 1. The first-order valence-corrected chi connectivity index (χ1v) is 12.0. The third-order valence-electron chi connectivity index (χ3n) is 6.64. The minimum Gasteiger partial charge on any atom is -0.383 e. The molecule has 36 heavy (non-hydrogen) atoms. The predicted molar refractivity (Wildman–Crippen MR) is 136 cm³/mol. The number of hydrogen-bond donors (Lipinski definition) is 2. The molecular formula is C27H29F2N5O2. The molecule has 0 radical (unpaired) electrons. The Hall–Kier alpha value is -3.56. The molecule has 9 heteroatoms. The monoisotopic (exact) mass is 493 g/mol. The number of aromatic nitrogens is 1. The van der Waals surface area contributed by atoms with Crippen LogP contribution in [0.2, 0.25) is 0 Å². The number of ether oxygens (including phenoxy) is 1. The van der Waals surface area contributed by atoms with Crippen molar-refractivity contribution in [3.8, 4) is 22.3 Å². The molecule has 3 aromatic rings. The van der Waals surface area contributed by atoms with Gasteiger partial charge >= 0.3 is 0 Å². The second-order valence-electron chi connectivity index (χ2n) is 9.44. The van der Waals surface area contributed by atoms with Crippen LogP contribution >= 0.6 is 0 Å². The van der Waals surface area contributed by atoms with Crippen molar-refractivity contribution < 1.29 is 18.3 Å². The molecule has 2 aliphatic rings. The molecule has 1 aromatic heterocycles. The maximum atomic E-state index is 15.5. The van der Waals surface area contributed by atoms with Crippen molar-refractivity contribution >= 4 is 17.4 Å². The van der Waals surface area contributed by atoms with Crippen molar-refractivity contribution in [1.29, 1.82) is 0 Å². The summed E-state index contributed by atoms with van der Waals surface area (Å²) in [7, 11) is 3.87. The summed E-state index contributed by atoms with van der Waals surface area (Å²) in [5.74, 6) is -1.47. The highest BCUT2D eigenvalue weighted by atomic mass is 19.1. The second kappa shape index (κ2) is 9.83. The molecule has 0 atom stereocenters. The molecule has 5 rings (SSSR count). The van der Waals surface area contributed by atoms with E-state index < -0.39 is 11.8 Å². The molecule has 2 aromatic carbocycles. The van der Waals surface area contributed by atoms with Crippen LogP contribution in [0.4, 0.5) is 20.3 Å². The van der Waals surface area contributed by atoms with E-state index in [1.807, 2.05) is 25.1 Å². The summed E-state index contributed by atoms with van der Waals surface area (Å²) >= 11 is 0. The normalized spacial score (nSPS) is 15.7. The van der Waals surface area contributed by atoms with Crippen molar-refractivity contribution in [3.05, 3.63) is 64.9 Å². The molecular weight excluding hydrogens is 464 g/mol. The van der Waals surface area contributed by atoms with E-state index in [4.69, 9.17) is 10.5 Å². The highest BCUT2D eigenvalue weighted by Crippen LogP contribution is 2.37. The minimum atomic E-state index is -0.831. The molecule has 2 aliphatic heterocycles. The van der Waals surface area contributed by atoms with Crippen molar-refractivity contribution in [1.82, 2.24) is 15.2 Å². The predicted octanol–water partition coefficient (Wildman–Crippen LogP) is 3.46. The fraction of sp³-hybridized carbons (Fsp3) is 0.333. The van der Waals surface area contributed by atoms with Gasteiger partial charge < -0.3 is 25.6 Å². The van der Waals surface area contributed by atoms with Gasteiger partial charge in [0, 0.05) is 54.1 Å². The van der Waals surface area contributed by atoms with E-state index >= 15 is 8.78 Å². The van der Waals surface area contributed by atoms with Crippen molar-refractivity contribution in [3.63, 3.8) is 0 Å². The van der Waals surface area contributed by atoms with Gasteiger partial charge in [-0.2, -0.15) is 4.39 Å². The summed E-state index contributed by atoms with van der Waals surface area (Å²) < 4.78 is 36.1. The molecule has 1 amide bonds. The van der Waals surface area contributed by atoms with E-state index in [1.54, 1.807) is 24.3 Å². The molecule has 1 saturated heterocycles. The van der Waals surface area contributed by atoms with E-state index in [2.05, 4.69) is 15.2 Å². The Balaban J connectivity index is 1.60. The minimum absolute atomic E-state index is 0.00956. The van der Waals surface area contributed by atoms with E-state index in [0.717, 1.165) is 16.8 Å². The number of halogens is 2. The molecule has 0 aliphatic carbocycles. The quantitative estimate of drug-likeness (QED) is 0.530. The zero-order valence-electron chi connectivity index (χ0n) is 20.4. The zero-order valence-corrected chi connectivity index (χ0v) is 20.4. The van der Waals surface area contributed by atoms with Gasteiger partial charge in [0.15, 0.2) is 0 Å². The lowest BCUT2D eigenvalue weighted by Crippen LogP contribution is -2.37. The Morgan fingerprint density at radius 1 is 1.06 bits per heavy atom. The first kappa shape index (κ1) is 24.1. The molecule has 0 saturated carbocycles. The van der Waals surface area contributed by atoms with Crippen molar-refractivity contribution in [2.45, 2.75) is 13.0 Å². The molecule has 0 bridgehead atoms. The average molecular weight is 494 g/mol. The molecule has 188 valence electrons. The van der Waals surface area contributed by atoms with Crippen LogP contribution < -0.4 is 16.0 Å². The molecule has 3 heterocycles. The van der Waals surface area contributed by atoms with Crippen LogP contribution in [0.15, 0.2) is 36.4 Å². The smallest absolute Gasteiger partial charge is 0.251 e. The topological polar surface area (TPSA) is 83.7 Å². The maximum Gasteiger partial charge on any atom is 0.251 e. The first-order valence-electron chi connectivity index (χ1n) is 12.0. The molecule has 0 unspecified atom stereocenters. The molecule has 1 fully saturated rings. The number of amides is 1. The Kier molecular flexibility index (Phi) is 6.59. The lowest BCUT2D eigenvalue weighted by molar-refractivity contribution is 0.0946. The van der Waals surface area contributed by atoms with E-state index in [1.165, 1.54) is 6.07 Å². The lowest BCUT2D eigenvalue weighted by Gasteiger charge is -2.31. The number of rotatable bonds is 5. The SMILES string of the molecule is CN(C)Cc1cc(-c2cc(-c3ccc4c(c3)CCNC4=O)c(N)nc2F)c(F)cc1N1CCOCC1. The lowest BCUT2D eigenvalue weighted by atomic mass is 9.93. The summed E-state index contributed by atoms with van der Waals surface area (Å²) in [4.78, 5) is 20.1. The summed E-state index contributed by atoms with van der Waals surface area (Å²) in [6.45, 7) is 3.59. The standard InChI is InChI=1S/C27H29F2N5O2/c1-33(2)15-18-12-21(23(28)14-24(18)34-7-9-36-10-8-34)22-13-20(26(30)32-25(22)29)16-3-4-19-17(11-16)5-6-31-27(19)35/h3-4,11-14H,5-10,15H2,1-2H3,(H2,30,32)(H,31,35). The Morgan fingerprint density at radius 3 is 2.58 bits per heavy atom. The Bertz CT molecular complexity index is 1320. The second-order valence-corrected chi connectivity index (χ2v) is 9.44. The average Bonchev–Trinajstić information content (AvgIpc) is 2.85.